The molecule has 0 amide bonds. The molecule has 0 saturated carbocycles. The highest BCUT2D eigenvalue weighted by molar-refractivity contribution is 7.11. The maximum atomic E-state index is 11.9. The summed E-state index contributed by atoms with van der Waals surface area (Å²) >= 11 is 12.5. The second-order valence-corrected chi connectivity index (χ2v) is 5.91. The fourth-order valence-corrected chi connectivity index (χ4v) is 3.17. The van der Waals surface area contributed by atoms with Crippen LogP contribution in [0, 0.1) is 0 Å². The van der Waals surface area contributed by atoms with E-state index in [-0.39, 0.29) is 16.3 Å². The molecule has 0 aliphatic rings. The average molecular weight is 332 g/mol. The van der Waals surface area contributed by atoms with E-state index in [4.69, 9.17) is 28.3 Å². The van der Waals surface area contributed by atoms with Crippen LogP contribution in [0.2, 0.25) is 10.0 Å². The van der Waals surface area contributed by atoms with Gasteiger partial charge in [-0.05, 0) is 24.1 Å². The molecule has 0 unspecified atom stereocenters. The molecule has 1 aromatic carbocycles. The number of aromatic carboxylic acids is 1. The Morgan fingerprint density at radius 3 is 2.60 bits per heavy atom. The van der Waals surface area contributed by atoms with Crippen molar-refractivity contribution in [2.75, 3.05) is 0 Å². The lowest BCUT2D eigenvalue weighted by molar-refractivity contribution is 0.0700. The van der Waals surface area contributed by atoms with Gasteiger partial charge in [-0.25, -0.2) is 4.79 Å². The summed E-state index contributed by atoms with van der Waals surface area (Å²) in [6, 6.07) is 5.09. The van der Waals surface area contributed by atoms with Crippen LogP contribution in [0.1, 0.15) is 27.9 Å². The summed E-state index contributed by atoms with van der Waals surface area (Å²) in [5.74, 6) is -1.07. The smallest absolute Gasteiger partial charge is 0.347 e. The Morgan fingerprint density at radius 1 is 1.35 bits per heavy atom. The van der Waals surface area contributed by atoms with Gasteiger partial charge in [0.2, 0.25) is 0 Å². The van der Waals surface area contributed by atoms with Gasteiger partial charge in [-0.2, -0.15) is 0 Å². The number of nitrogens with zero attached hydrogens (tertiary/aromatic N) is 1. The summed E-state index contributed by atoms with van der Waals surface area (Å²) in [7, 11) is 0. The first-order valence-electron chi connectivity index (χ1n) is 5.83. The molecule has 0 atom stereocenters. The van der Waals surface area contributed by atoms with Gasteiger partial charge >= 0.3 is 10.8 Å². The fourth-order valence-electron chi connectivity index (χ4n) is 1.93. The van der Waals surface area contributed by atoms with E-state index in [2.05, 4.69) is 0 Å². The van der Waals surface area contributed by atoms with Crippen molar-refractivity contribution in [2.24, 2.45) is 0 Å². The van der Waals surface area contributed by atoms with E-state index >= 15 is 0 Å². The molecular formula is C13H11Cl2NO3S. The molecule has 0 bridgehead atoms. The first kappa shape index (κ1) is 15.1. The zero-order valence-corrected chi connectivity index (χ0v) is 12.8. The average Bonchev–Trinajstić information content (AvgIpc) is 2.71. The molecule has 0 aliphatic heterocycles. The zero-order chi connectivity index (χ0) is 14.9. The molecule has 2 rings (SSSR count). The van der Waals surface area contributed by atoms with Crippen molar-refractivity contribution in [3.05, 3.63) is 54.0 Å². The number of carbonyl (C=O) groups is 1. The molecule has 1 N–H and O–H groups in total. The van der Waals surface area contributed by atoms with Crippen LogP contribution in [0.5, 0.6) is 0 Å². The van der Waals surface area contributed by atoms with Crippen molar-refractivity contribution in [3.8, 4) is 0 Å². The van der Waals surface area contributed by atoms with Crippen LogP contribution in [-0.4, -0.2) is 15.6 Å². The van der Waals surface area contributed by atoms with Gasteiger partial charge in [-0.15, -0.1) is 0 Å². The third kappa shape index (κ3) is 2.90. The minimum absolute atomic E-state index is 0.0950. The molecular weight excluding hydrogens is 321 g/mol. The minimum atomic E-state index is -1.07. The van der Waals surface area contributed by atoms with E-state index in [1.165, 1.54) is 4.57 Å². The van der Waals surface area contributed by atoms with E-state index in [0.29, 0.717) is 22.2 Å². The molecule has 106 valence electrons. The number of aromatic nitrogens is 1. The zero-order valence-electron chi connectivity index (χ0n) is 10.5. The van der Waals surface area contributed by atoms with Crippen LogP contribution >= 0.6 is 34.5 Å². The van der Waals surface area contributed by atoms with Gasteiger partial charge in [0.1, 0.15) is 4.88 Å². The van der Waals surface area contributed by atoms with Crippen LogP contribution in [0.15, 0.2) is 23.0 Å². The number of carboxylic acid groups (broad SMARTS) is 1. The molecule has 20 heavy (non-hydrogen) atoms. The van der Waals surface area contributed by atoms with Crippen molar-refractivity contribution in [3.63, 3.8) is 0 Å². The van der Waals surface area contributed by atoms with E-state index in [1.807, 2.05) is 6.92 Å². The highest BCUT2D eigenvalue weighted by Crippen LogP contribution is 2.23. The van der Waals surface area contributed by atoms with Gasteiger partial charge in [0.05, 0.1) is 16.6 Å². The number of thiazole rings is 1. The monoisotopic (exact) mass is 331 g/mol. The molecule has 4 nitrogen and oxygen atoms in total. The predicted octanol–water partition coefficient (Wildman–Crippen LogP) is 3.53. The van der Waals surface area contributed by atoms with E-state index in [9.17, 15) is 9.59 Å². The number of benzene rings is 1. The van der Waals surface area contributed by atoms with Gasteiger partial charge < -0.3 is 5.11 Å². The van der Waals surface area contributed by atoms with Gasteiger partial charge in [-0.3, -0.25) is 9.36 Å². The molecule has 0 spiro atoms. The molecule has 1 aromatic heterocycles. The third-order valence-corrected chi connectivity index (χ3v) is 4.60. The Bertz CT molecular complexity index is 721. The summed E-state index contributed by atoms with van der Waals surface area (Å²) < 4.78 is 1.47. The van der Waals surface area contributed by atoms with Crippen molar-refractivity contribution >= 4 is 40.5 Å². The maximum Gasteiger partial charge on any atom is 0.347 e. The van der Waals surface area contributed by atoms with Crippen LogP contribution in [0.3, 0.4) is 0 Å². The summed E-state index contributed by atoms with van der Waals surface area (Å²) in [5, 5.41) is 9.95. The second kappa shape index (κ2) is 5.99. The van der Waals surface area contributed by atoms with Gasteiger partial charge in [0.25, 0.3) is 0 Å². The van der Waals surface area contributed by atoms with Gasteiger partial charge in [-0.1, -0.05) is 47.5 Å². The lowest BCUT2D eigenvalue weighted by Gasteiger charge is -2.08. The molecule has 0 radical (unpaired) electrons. The molecule has 1 heterocycles. The first-order chi connectivity index (χ1) is 9.43. The number of rotatable bonds is 4. The molecule has 0 fully saturated rings. The van der Waals surface area contributed by atoms with Crippen molar-refractivity contribution in [1.82, 2.24) is 4.57 Å². The van der Waals surface area contributed by atoms with Gasteiger partial charge in [0, 0.05) is 5.69 Å². The van der Waals surface area contributed by atoms with Crippen molar-refractivity contribution in [1.29, 1.82) is 0 Å². The maximum absolute atomic E-state index is 11.9. The Morgan fingerprint density at radius 2 is 2.05 bits per heavy atom. The fraction of sp³-hybridized carbons (Fsp3) is 0.231. The Balaban J connectivity index is 2.45. The molecule has 0 aliphatic carbocycles. The highest BCUT2D eigenvalue weighted by atomic mass is 35.5. The van der Waals surface area contributed by atoms with Crippen molar-refractivity contribution < 1.29 is 9.90 Å². The van der Waals surface area contributed by atoms with Crippen LogP contribution in [0.4, 0.5) is 0 Å². The quantitative estimate of drug-likeness (QED) is 0.932. The summed E-state index contributed by atoms with van der Waals surface area (Å²) in [5.41, 5.74) is 1.32. The molecule has 2 aromatic rings. The van der Waals surface area contributed by atoms with Crippen LogP contribution in [-0.2, 0) is 13.0 Å². The lowest BCUT2D eigenvalue weighted by Crippen LogP contribution is -2.17. The SMILES string of the molecule is CCc1c(C(=O)O)sc(=O)n1Cc1ccc(Cl)c(Cl)c1. The normalized spacial score (nSPS) is 10.8. The number of hydrogen-bond donors (Lipinski definition) is 1. The van der Waals surface area contributed by atoms with E-state index in [0.717, 1.165) is 16.9 Å². The van der Waals surface area contributed by atoms with Crippen LogP contribution in [0.25, 0.3) is 0 Å². The Kier molecular flexibility index (Phi) is 4.52. The second-order valence-electron chi connectivity index (χ2n) is 4.14. The standard InChI is InChI=1S/C13H11Cl2NO3S/c1-2-10-11(12(17)18)20-13(19)16(10)6-7-3-4-8(14)9(15)5-7/h3-5H,2,6H2,1H3,(H,17,18). The molecule has 7 heteroatoms. The number of hydrogen-bond acceptors (Lipinski definition) is 3. The Labute approximate surface area is 129 Å². The predicted molar refractivity (Wildman–Crippen MR) is 80.5 cm³/mol. The topological polar surface area (TPSA) is 59.3 Å². The number of carboxylic acids is 1. The lowest BCUT2D eigenvalue weighted by atomic mass is 10.2. The summed E-state index contributed by atoms with van der Waals surface area (Å²) in [4.78, 5) is 22.9. The molecule has 0 saturated heterocycles. The highest BCUT2D eigenvalue weighted by Gasteiger charge is 2.18. The summed E-state index contributed by atoms with van der Waals surface area (Å²) in [6.07, 6.45) is 0.474. The van der Waals surface area contributed by atoms with Crippen LogP contribution < -0.4 is 4.87 Å². The third-order valence-electron chi connectivity index (χ3n) is 2.85. The van der Waals surface area contributed by atoms with E-state index < -0.39 is 5.97 Å². The minimum Gasteiger partial charge on any atom is -0.477 e. The Hall–Kier alpha value is -1.30. The summed E-state index contributed by atoms with van der Waals surface area (Å²) in [6.45, 7) is 2.10. The largest absolute Gasteiger partial charge is 0.477 e. The van der Waals surface area contributed by atoms with E-state index in [1.54, 1.807) is 18.2 Å². The number of halogens is 2. The first-order valence-corrected chi connectivity index (χ1v) is 7.41. The van der Waals surface area contributed by atoms with Gasteiger partial charge in [0.15, 0.2) is 0 Å². The van der Waals surface area contributed by atoms with Crippen molar-refractivity contribution in [2.45, 2.75) is 19.9 Å².